The van der Waals surface area contributed by atoms with Crippen molar-refractivity contribution >= 4 is 50.2 Å². The zero-order valence-electron chi connectivity index (χ0n) is 15.3. The van der Waals surface area contributed by atoms with Crippen LogP contribution in [0.5, 0.6) is 0 Å². The zero-order chi connectivity index (χ0) is 19.9. The van der Waals surface area contributed by atoms with Gasteiger partial charge in [-0.05, 0) is 31.9 Å². The lowest BCUT2D eigenvalue weighted by molar-refractivity contribution is -0.133. The summed E-state index contributed by atoms with van der Waals surface area (Å²) in [5, 5.41) is 5.94. The second-order valence-corrected chi connectivity index (χ2v) is 9.21. The Morgan fingerprint density at radius 2 is 1.96 bits per heavy atom. The van der Waals surface area contributed by atoms with Crippen LogP contribution in [0.1, 0.15) is 30.6 Å². The standard InChI is InChI=1S/C19H19BrN4O3S/c1-11-15(12-4-6-13(20)7-5-12)22-17(28-11)21-14(25)10-24-16(26)19(23-18(24)27)8-2-3-9-19/h4-7H,2-3,8-10H2,1H3,(H,23,27)(H,21,22,25). The molecule has 7 nitrogen and oxygen atoms in total. The van der Waals surface area contributed by atoms with Gasteiger partial charge in [-0.1, -0.05) is 40.9 Å². The fraction of sp³-hybridized carbons (Fsp3) is 0.368. The van der Waals surface area contributed by atoms with Gasteiger partial charge in [0.2, 0.25) is 5.91 Å². The number of amides is 4. The van der Waals surface area contributed by atoms with Gasteiger partial charge >= 0.3 is 6.03 Å². The third-order valence-corrected chi connectivity index (χ3v) is 6.58. The summed E-state index contributed by atoms with van der Waals surface area (Å²) in [6, 6.07) is 7.27. The highest BCUT2D eigenvalue weighted by Gasteiger charge is 2.52. The number of halogens is 1. The van der Waals surface area contributed by atoms with Crippen molar-refractivity contribution in [1.82, 2.24) is 15.2 Å². The second-order valence-electron chi connectivity index (χ2n) is 7.09. The van der Waals surface area contributed by atoms with Crippen molar-refractivity contribution in [2.75, 3.05) is 11.9 Å². The van der Waals surface area contributed by atoms with Crippen molar-refractivity contribution in [2.24, 2.45) is 0 Å². The Kier molecular flexibility index (Phi) is 4.96. The summed E-state index contributed by atoms with van der Waals surface area (Å²) < 4.78 is 0.978. The number of aryl methyl sites for hydroxylation is 1. The van der Waals surface area contributed by atoms with Gasteiger partial charge in [0, 0.05) is 14.9 Å². The van der Waals surface area contributed by atoms with E-state index in [1.54, 1.807) is 0 Å². The van der Waals surface area contributed by atoms with Gasteiger partial charge in [0.1, 0.15) is 12.1 Å². The number of nitrogens with one attached hydrogen (secondary N) is 2. The van der Waals surface area contributed by atoms with Crippen LogP contribution >= 0.6 is 27.3 Å². The molecule has 1 aromatic carbocycles. The predicted octanol–water partition coefficient (Wildman–Crippen LogP) is 3.68. The maximum absolute atomic E-state index is 12.6. The molecule has 1 saturated heterocycles. The van der Waals surface area contributed by atoms with Gasteiger partial charge in [0.15, 0.2) is 5.13 Å². The van der Waals surface area contributed by atoms with Gasteiger partial charge < -0.3 is 10.6 Å². The Bertz CT molecular complexity index is 951. The van der Waals surface area contributed by atoms with Crippen molar-refractivity contribution in [3.8, 4) is 11.3 Å². The summed E-state index contributed by atoms with van der Waals surface area (Å²) >= 11 is 4.77. The predicted molar refractivity (Wildman–Crippen MR) is 110 cm³/mol. The van der Waals surface area contributed by atoms with Gasteiger partial charge in [-0.3, -0.25) is 14.5 Å². The highest BCUT2D eigenvalue weighted by Crippen LogP contribution is 2.35. The number of hydrogen-bond donors (Lipinski definition) is 2. The summed E-state index contributed by atoms with van der Waals surface area (Å²) in [6.07, 6.45) is 3.09. The Morgan fingerprint density at radius 3 is 2.64 bits per heavy atom. The molecule has 2 aliphatic rings. The molecule has 146 valence electrons. The molecule has 0 bridgehead atoms. The van der Waals surface area contributed by atoms with Crippen LogP contribution in [0.15, 0.2) is 28.7 Å². The van der Waals surface area contributed by atoms with Crippen LogP contribution in [0.3, 0.4) is 0 Å². The Labute approximate surface area is 174 Å². The highest BCUT2D eigenvalue weighted by molar-refractivity contribution is 9.10. The van der Waals surface area contributed by atoms with E-state index in [4.69, 9.17) is 0 Å². The molecule has 2 heterocycles. The van der Waals surface area contributed by atoms with E-state index in [9.17, 15) is 14.4 Å². The third-order valence-electron chi connectivity index (χ3n) is 5.17. The maximum Gasteiger partial charge on any atom is 0.325 e. The number of anilines is 1. The first-order valence-electron chi connectivity index (χ1n) is 9.05. The lowest BCUT2D eigenvalue weighted by Crippen LogP contribution is -2.44. The molecule has 28 heavy (non-hydrogen) atoms. The molecular formula is C19H19BrN4O3S. The topological polar surface area (TPSA) is 91.4 Å². The Hall–Kier alpha value is -2.26. The summed E-state index contributed by atoms with van der Waals surface area (Å²) in [5.74, 6) is -0.731. The monoisotopic (exact) mass is 462 g/mol. The van der Waals surface area contributed by atoms with E-state index in [1.165, 1.54) is 11.3 Å². The van der Waals surface area contributed by atoms with Gasteiger partial charge in [-0.2, -0.15) is 0 Å². The van der Waals surface area contributed by atoms with Crippen molar-refractivity contribution in [3.05, 3.63) is 33.6 Å². The second kappa shape index (κ2) is 7.29. The van der Waals surface area contributed by atoms with Gasteiger partial charge in [0.25, 0.3) is 5.91 Å². The number of rotatable bonds is 4. The lowest BCUT2D eigenvalue weighted by atomic mass is 9.98. The molecule has 0 unspecified atom stereocenters. The van der Waals surface area contributed by atoms with Crippen LogP contribution in [0, 0.1) is 6.92 Å². The minimum Gasteiger partial charge on any atom is -0.323 e. The molecule has 4 amide bonds. The van der Waals surface area contributed by atoms with Crippen LogP contribution in [-0.4, -0.2) is 39.8 Å². The molecule has 1 aliphatic carbocycles. The van der Waals surface area contributed by atoms with E-state index in [1.807, 2.05) is 31.2 Å². The normalized spacial score (nSPS) is 18.0. The van der Waals surface area contributed by atoms with Crippen LogP contribution in [0.2, 0.25) is 0 Å². The highest BCUT2D eigenvalue weighted by atomic mass is 79.9. The quantitative estimate of drug-likeness (QED) is 0.677. The average molecular weight is 463 g/mol. The molecule has 1 aromatic heterocycles. The third kappa shape index (κ3) is 3.44. The van der Waals surface area contributed by atoms with Gasteiger partial charge in [0.05, 0.1) is 5.69 Å². The number of thiazole rings is 1. The first kappa shape index (κ1) is 19.1. The van der Waals surface area contributed by atoms with Crippen molar-refractivity contribution in [3.63, 3.8) is 0 Å². The number of urea groups is 1. The first-order chi connectivity index (χ1) is 13.4. The molecule has 0 radical (unpaired) electrons. The number of imide groups is 1. The molecule has 2 N–H and O–H groups in total. The number of hydrogen-bond acceptors (Lipinski definition) is 5. The average Bonchev–Trinajstić information content (AvgIpc) is 3.32. The molecular weight excluding hydrogens is 444 g/mol. The van der Waals surface area contributed by atoms with Crippen molar-refractivity contribution < 1.29 is 14.4 Å². The molecule has 4 rings (SSSR count). The van der Waals surface area contributed by atoms with Crippen LogP contribution in [0.4, 0.5) is 9.93 Å². The molecule has 9 heteroatoms. The van der Waals surface area contributed by atoms with E-state index in [0.29, 0.717) is 18.0 Å². The largest absolute Gasteiger partial charge is 0.325 e. The van der Waals surface area contributed by atoms with Gasteiger partial charge in [-0.15, -0.1) is 11.3 Å². The summed E-state index contributed by atoms with van der Waals surface area (Å²) in [7, 11) is 0. The minimum absolute atomic E-state index is 0.295. The van der Waals surface area contributed by atoms with E-state index < -0.39 is 17.5 Å². The number of carbonyl (C=O) groups is 3. The fourth-order valence-corrected chi connectivity index (χ4v) is 4.88. The van der Waals surface area contributed by atoms with E-state index in [2.05, 4.69) is 31.5 Å². The molecule has 1 aliphatic heterocycles. The Balaban J connectivity index is 1.44. The van der Waals surface area contributed by atoms with E-state index >= 15 is 0 Å². The number of aromatic nitrogens is 1. The molecule has 1 saturated carbocycles. The SMILES string of the molecule is Cc1sc(NC(=O)CN2C(=O)NC3(CCCC3)C2=O)nc1-c1ccc(Br)cc1. The molecule has 0 atom stereocenters. The summed E-state index contributed by atoms with van der Waals surface area (Å²) in [6.45, 7) is 1.63. The first-order valence-corrected chi connectivity index (χ1v) is 10.7. The fourth-order valence-electron chi connectivity index (χ4n) is 3.77. The lowest BCUT2D eigenvalue weighted by Gasteiger charge is -2.19. The smallest absolute Gasteiger partial charge is 0.323 e. The van der Waals surface area contributed by atoms with Gasteiger partial charge in [-0.25, -0.2) is 9.78 Å². The Morgan fingerprint density at radius 1 is 1.29 bits per heavy atom. The molecule has 2 aromatic rings. The number of benzene rings is 1. The zero-order valence-corrected chi connectivity index (χ0v) is 17.7. The van der Waals surface area contributed by atoms with Crippen LogP contribution in [-0.2, 0) is 9.59 Å². The van der Waals surface area contributed by atoms with Crippen LogP contribution in [0.25, 0.3) is 11.3 Å². The number of nitrogens with zero attached hydrogens (tertiary/aromatic N) is 2. The molecule has 2 fully saturated rings. The molecule has 1 spiro atoms. The van der Waals surface area contributed by atoms with E-state index in [0.717, 1.165) is 38.3 Å². The van der Waals surface area contributed by atoms with E-state index in [-0.39, 0.29) is 12.5 Å². The minimum atomic E-state index is -0.802. The van der Waals surface area contributed by atoms with Crippen LogP contribution < -0.4 is 10.6 Å². The maximum atomic E-state index is 12.6. The number of carbonyl (C=O) groups excluding carboxylic acids is 3. The van der Waals surface area contributed by atoms with Crippen molar-refractivity contribution in [2.45, 2.75) is 38.1 Å². The summed E-state index contributed by atoms with van der Waals surface area (Å²) in [4.78, 5) is 43.8. The van der Waals surface area contributed by atoms with Crippen molar-refractivity contribution in [1.29, 1.82) is 0 Å². The summed E-state index contributed by atoms with van der Waals surface area (Å²) in [5.41, 5.74) is 0.951.